The van der Waals surface area contributed by atoms with E-state index in [1.807, 2.05) is 17.0 Å². The van der Waals surface area contributed by atoms with Gasteiger partial charge in [0, 0.05) is 76.4 Å². The van der Waals surface area contributed by atoms with Crippen molar-refractivity contribution in [2.45, 2.75) is 38.3 Å². The molecule has 0 aliphatic carbocycles. The number of aromatic nitrogens is 2. The summed E-state index contributed by atoms with van der Waals surface area (Å²) in [6.07, 6.45) is 5.02. The van der Waals surface area contributed by atoms with Crippen molar-refractivity contribution in [3.63, 3.8) is 0 Å². The van der Waals surface area contributed by atoms with Gasteiger partial charge in [0.1, 0.15) is 23.7 Å². The van der Waals surface area contributed by atoms with E-state index in [1.165, 1.54) is 12.4 Å². The van der Waals surface area contributed by atoms with Crippen LogP contribution in [0, 0.1) is 5.82 Å². The first-order chi connectivity index (χ1) is 23.7. The van der Waals surface area contributed by atoms with Crippen LogP contribution in [0.5, 0.6) is 5.75 Å². The van der Waals surface area contributed by atoms with Crippen molar-refractivity contribution in [2.75, 3.05) is 73.6 Å². The third-order valence-corrected chi connectivity index (χ3v) is 10.1. The summed E-state index contributed by atoms with van der Waals surface area (Å²) in [5.74, 6) is 0.562. The molecule has 2 aromatic carbocycles. The van der Waals surface area contributed by atoms with E-state index in [0.29, 0.717) is 53.4 Å². The van der Waals surface area contributed by atoms with Crippen LogP contribution in [0.1, 0.15) is 37.8 Å². The number of piperazine rings is 1. The van der Waals surface area contributed by atoms with Gasteiger partial charge in [0.05, 0.1) is 46.9 Å². The summed E-state index contributed by atoms with van der Waals surface area (Å²) >= 11 is 12.1. The zero-order chi connectivity index (χ0) is 34.7. The Bertz CT molecular complexity index is 1720. The van der Waals surface area contributed by atoms with E-state index in [9.17, 15) is 9.59 Å². The molecule has 3 aromatic rings. The molecule has 0 spiro atoms. The van der Waals surface area contributed by atoms with E-state index in [2.05, 4.69) is 37.0 Å². The summed E-state index contributed by atoms with van der Waals surface area (Å²) in [4.78, 5) is 45.6. The van der Waals surface area contributed by atoms with E-state index in [0.717, 1.165) is 57.8 Å². The number of nitrogens with zero attached hydrogens (tertiary/aromatic N) is 6. The smallest absolute Gasteiger partial charge is 0.247 e. The quantitative estimate of drug-likeness (QED) is 0.208. The predicted octanol–water partition coefficient (Wildman–Crippen LogP) is 5.82. The number of hydrogen-bond acceptors (Lipinski definition) is 10. The van der Waals surface area contributed by atoms with Crippen LogP contribution in [0.2, 0.25) is 10.0 Å². The SMILES string of the molecule is C=CC(=O)Nc1cc(Nc2cc(N3OCCC3c3ccc(Cl)c(Cl)c3F)ncn2)c(OC)cc1N1CCC(N2CCN(C(C)=O)CC2)CC1. The molecule has 12 nitrogen and oxygen atoms in total. The Kier molecular flexibility index (Phi) is 10.7. The second-order valence-corrected chi connectivity index (χ2v) is 12.9. The molecule has 0 saturated carbocycles. The highest BCUT2D eigenvalue weighted by Crippen LogP contribution is 2.41. The van der Waals surface area contributed by atoms with Gasteiger partial charge >= 0.3 is 0 Å². The molecule has 4 heterocycles. The molecule has 3 fully saturated rings. The monoisotopic (exact) mass is 712 g/mol. The summed E-state index contributed by atoms with van der Waals surface area (Å²) in [5.41, 5.74) is 2.33. The summed E-state index contributed by atoms with van der Waals surface area (Å²) in [6.45, 7) is 10.4. The second kappa shape index (κ2) is 15.2. The van der Waals surface area contributed by atoms with Crippen molar-refractivity contribution in [2.24, 2.45) is 0 Å². The van der Waals surface area contributed by atoms with Crippen molar-refractivity contribution in [1.82, 2.24) is 19.8 Å². The third-order valence-electron chi connectivity index (χ3n) is 9.31. The topological polar surface area (TPSA) is 115 Å². The fraction of sp³-hybridized carbons (Fsp3) is 0.412. The Hall–Kier alpha value is -4.17. The lowest BCUT2D eigenvalue weighted by Gasteiger charge is -2.43. The van der Waals surface area contributed by atoms with Crippen LogP contribution in [0.4, 0.5) is 33.1 Å². The van der Waals surface area contributed by atoms with Gasteiger partial charge < -0.3 is 25.2 Å². The highest BCUT2D eigenvalue weighted by Gasteiger charge is 2.33. The minimum absolute atomic E-state index is 0.126. The molecular weight excluding hydrogens is 674 g/mol. The zero-order valence-corrected chi connectivity index (χ0v) is 28.9. The Morgan fingerprint density at radius 2 is 1.80 bits per heavy atom. The first kappa shape index (κ1) is 34.7. The van der Waals surface area contributed by atoms with Gasteiger partial charge in [-0.05, 0) is 31.1 Å². The van der Waals surface area contributed by atoms with Crippen molar-refractivity contribution in [3.8, 4) is 5.75 Å². The number of nitrogens with one attached hydrogen (secondary N) is 2. The summed E-state index contributed by atoms with van der Waals surface area (Å²) in [6, 6.07) is 8.50. The normalized spacial score (nSPS) is 18.8. The molecule has 3 aliphatic rings. The highest BCUT2D eigenvalue weighted by molar-refractivity contribution is 6.42. The standard InChI is InChI=1S/C34H39Cl2FN8O4/c1-4-32(47)41-25-17-26(29(48-3)18-28(25)44-10-7-22(8-11-44)43-14-12-42(13-15-43)21(2)46)40-30-19-31(39-20-38-30)45-27(9-16-49-45)23-5-6-24(35)33(36)34(23)37/h4-6,17-20,22,27H,1,7-16H2,2-3H3,(H,41,47)(H,38,39,40). The lowest BCUT2D eigenvalue weighted by atomic mass is 10.0. The third kappa shape index (κ3) is 7.54. The van der Waals surface area contributed by atoms with Crippen LogP contribution in [0.25, 0.3) is 0 Å². The van der Waals surface area contributed by atoms with E-state index in [-0.39, 0.29) is 21.9 Å². The number of halogens is 3. The van der Waals surface area contributed by atoms with Gasteiger partial charge in [0.2, 0.25) is 11.8 Å². The number of anilines is 5. The molecule has 0 radical (unpaired) electrons. The first-order valence-corrected chi connectivity index (χ1v) is 17.0. The van der Waals surface area contributed by atoms with E-state index in [1.54, 1.807) is 37.3 Å². The number of rotatable bonds is 9. The lowest BCUT2D eigenvalue weighted by molar-refractivity contribution is -0.131. The van der Waals surface area contributed by atoms with Crippen LogP contribution in [0.15, 0.2) is 49.3 Å². The Labute approximate surface area is 294 Å². The zero-order valence-electron chi connectivity index (χ0n) is 27.4. The van der Waals surface area contributed by atoms with Gasteiger partial charge in [-0.3, -0.25) is 19.3 Å². The molecule has 1 unspecified atom stereocenters. The fourth-order valence-corrected chi connectivity index (χ4v) is 7.02. The Balaban J connectivity index is 1.21. The average Bonchev–Trinajstić information content (AvgIpc) is 3.61. The number of hydrogen-bond donors (Lipinski definition) is 2. The number of ether oxygens (including phenoxy) is 1. The molecule has 49 heavy (non-hydrogen) atoms. The highest BCUT2D eigenvalue weighted by atomic mass is 35.5. The molecule has 15 heteroatoms. The second-order valence-electron chi connectivity index (χ2n) is 12.1. The summed E-state index contributed by atoms with van der Waals surface area (Å²) < 4.78 is 20.9. The maximum Gasteiger partial charge on any atom is 0.247 e. The van der Waals surface area contributed by atoms with Crippen molar-refractivity contribution in [3.05, 3.63) is 70.7 Å². The molecule has 1 aromatic heterocycles. The number of hydroxylamine groups is 1. The fourth-order valence-electron chi connectivity index (χ4n) is 6.70. The molecule has 2 N–H and O–H groups in total. The minimum Gasteiger partial charge on any atom is -0.494 e. The van der Waals surface area contributed by atoms with Gasteiger partial charge in [-0.25, -0.2) is 19.4 Å². The predicted molar refractivity (Wildman–Crippen MR) is 188 cm³/mol. The maximum absolute atomic E-state index is 15.1. The summed E-state index contributed by atoms with van der Waals surface area (Å²) in [7, 11) is 1.58. The van der Waals surface area contributed by atoms with Gasteiger partial charge in [0.15, 0.2) is 5.82 Å². The maximum atomic E-state index is 15.1. The van der Waals surface area contributed by atoms with Crippen LogP contribution >= 0.6 is 23.2 Å². The Morgan fingerprint density at radius 3 is 2.49 bits per heavy atom. The number of amides is 2. The first-order valence-electron chi connectivity index (χ1n) is 16.2. The molecule has 260 valence electrons. The van der Waals surface area contributed by atoms with Crippen LogP contribution in [0.3, 0.4) is 0 Å². The lowest BCUT2D eigenvalue weighted by Crippen LogP contribution is -2.54. The number of carbonyl (C=O) groups excluding carboxylic acids is 2. The van der Waals surface area contributed by atoms with Gasteiger partial charge in [-0.1, -0.05) is 35.8 Å². The van der Waals surface area contributed by atoms with E-state index >= 15 is 4.39 Å². The van der Waals surface area contributed by atoms with Gasteiger partial charge in [-0.15, -0.1) is 0 Å². The molecule has 1 atom stereocenters. The van der Waals surface area contributed by atoms with Crippen LogP contribution in [-0.2, 0) is 14.4 Å². The molecule has 3 saturated heterocycles. The Morgan fingerprint density at radius 1 is 1.04 bits per heavy atom. The molecule has 2 amide bonds. The molecule has 6 rings (SSSR count). The number of methoxy groups -OCH3 is 1. The molecular formula is C34H39Cl2FN8O4. The number of carbonyl (C=O) groups is 2. The largest absolute Gasteiger partial charge is 0.494 e. The van der Waals surface area contributed by atoms with Crippen molar-refractivity contribution in [1.29, 1.82) is 0 Å². The average molecular weight is 714 g/mol. The van der Waals surface area contributed by atoms with E-state index in [4.69, 9.17) is 32.8 Å². The molecule has 0 bridgehead atoms. The van der Waals surface area contributed by atoms with E-state index < -0.39 is 11.9 Å². The van der Waals surface area contributed by atoms with Gasteiger partial charge in [-0.2, -0.15) is 0 Å². The van der Waals surface area contributed by atoms with Crippen molar-refractivity contribution < 1.29 is 23.6 Å². The molecule has 3 aliphatic heterocycles. The van der Waals surface area contributed by atoms with Crippen molar-refractivity contribution >= 4 is 63.7 Å². The van der Waals surface area contributed by atoms with Crippen LogP contribution < -0.4 is 25.3 Å². The van der Waals surface area contributed by atoms with Gasteiger partial charge in [0.25, 0.3) is 0 Å². The number of piperidine rings is 1. The summed E-state index contributed by atoms with van der Waals surface area (Å²) in [5, 5.41) is 7.79. The number of benzene rings is 2. The minimum atomic E-state index is -0.599. The van der Waals surface area contributed by atoms with Crippen LogP contribution in [-0.4, -0.2) is 90.6 Å².